The second-order valence-electron chi connectivity index (χ2n) is 9.13. The summed E-state index contributed by atoms with van der Waals surface area (Å²) in [5, 5.41) is 13.0. The fourth-order valence-electron chi connectivity index (χ4n) is 5.00. The normalized spacial score (nSPS) is 19.9. The molecule has 2 aliphatic rings. The fraction of sp³-hybridized carbons (Fsp3) is 0.321. The number of hydrogen-bond donors (Lipinski definition) is 2. The van der Waals surface area contributed by atoms with Crippen LogP contribution in [0, 0.1) is 5.92 Å². The summed E-state index contributed by atoms with van der Waals surface area (Å²) in [4.78, 5) is 15.3. The predicted molar refractivity (Wildman–Crippen MR) is 127 cm³/mol. The highest BCUT2D eigenvalue weighted by molar-refractivity contribution is 5.95. The topological polar surface area (TPSA) is 52.6 Å². The summed E-state index contributed by atoms with van der Waals surface area (Å²) in [6.45, 7) is 3.20. The summed E-state index contributed by atoms with van der Waals surface area (Å²) in [6.07, 6.45) is 3.22. The van der Waals surface area contributed by atoms with Crippen molar-refractivity contribution in [1.29, 1.82) is 0 Å². The van der Waals surface area contributed by atoms with Gasteiger partial charge in [0.25, 0.3) is 5.91 Å². The smallest absolute Gasteiger partial charge is 0.251 e. The van der Waals surface area contributed by atoms with Crippen molar-refractivity contribution in [1.82, 2.24) is 10.2 Å². The summed E-state index contributed by atoms with van der Waals surface area (Å²) in [5.74, 6) is 1.67. The Bertz CT molecular complexity index is 1100. The molecule has 4 heteroatoms. The number of aromatic hydroxyl groups is 1. The van der Waals surface area contributed by atoms with Gasteiger partial charge >= 0.3 is 0 Å². The van der Waals surface area contributed by atoms with E-state index in [0.29, 0.717) is 17.6 Å². The molecule has 0 saturated heterocycles. The highest BCUT2D eigenvalue weighted by Gasteiger charge is 2.37. The first-order chi connectivity index (χ1) is 15.7. The molecule has 3 aromatic carbocycles. The lowest BCUT2D eigenvalue weighted by Gasteiger charge is -2.29. The van der Waals surface area contributed by atoms with Gasteiger partial charge in [-0.05, 0) is 71.6 Å². The zero-order valence-electron chi connectivity index (χ0n) is 18.3. The van der Waals surface area contributed by atoms with Gasteiger partial charge in [0, 0.05) is 31.7 Å². The maximum Gasteiger partial charge on any atom is 0.251 e. The molecule has 5 rings (SSSR count). The lowest BCUT2D eigenvalue weighted by molar-refractivity contribution is 0.0950. The molecule has 164 valence electrons. The van der Waals surface area contributed by atoms with Gasteiger partial charge in [0.1, 0.15) is 5.75 Å². The monoisotopic (exact) mass is 426 g/mol. The van der Waals surface area contributed by atoms with Crippen LogP contribution in [0.15, 0.2) is 72.8 Å². The lowest BCUT2D eigenvalue weighted by Crippen LogP contribution is -2.32. The molecule has 2 atom stereocenters. The Morgan fingerprint density at radius 3 is 2.69 bits per heavy atom. The van der Waals surface area contributed by atoms with Gasteiger partial charge < -0.3 is 10.4 Å². The van der Waals surface area contributed by atoms with Crippen LogP contribution in [0.1, 0.15) is 51.4 Å². The van der Waals surface area contributed by atoms with Crippen molar-refractivity contribution in [3.8, 4) is 5.75 Å². The summed E-state index contributed by atoms with van der Waals surface area (Å²) in [5.41, 5.74) is 5.73. The Morgan fingerprint density at radius 1 is 1.00 bits per heavy atom. The Morgan fingerprint density at radius 2 is 1.81 bits per heavy atom. The highest BCUT2D eigenvalue weighted by Crippen LogP contribution is 2.49. The second kappa shape index (κ2) is 9.17. The number of phenolic OH excluding ortho intramolecular Hbond substituents is 1. The van der Waals surface area contributed by atoms with Gasteiger partial charge in [0.15, 0.2) is 0 Å². The number of carbonyl (C=O) groups excluding carboxylic acids is 1. The van der Waals surface area contributed by atoms with Gasteiger partial charge in [-0.2, -0.15) is 0 Å². The zero-order valence-corrected chi connectivity index (χ0v) is 18.3. The summed E-state index contributed by atoms with van der Waals surface area (Å²) in [6, 6.07) is 24.3. The lowest BCUT2D eigenvalue weighted by atomic mass is 9.98. The maximum absolute atomic E-state index is 12.9. The molecule has 1 fully saturated rings. The predicted octanol–water partition coefficient (Wildman–Crippen LogP) is 4.87. The average molecular weight is 427 g/mol. The van der Waals surface area contributed by atoms with Gasteiger partial charge in [-0.15, -0.1) is 0 Å². The van der Waals surface area contributed by atoms with E-state index >= 15 is 0 Å². The zero-order chi connectivity index (χ0) is 21.9. The maximum atomic E-state index is 12.9. The molecule has 0 bridgehead atoms. The van der Waals surface area contributed by atoms with Gasteiger partial charge in [-0.3, -0.25) is 9.69 Å². The van der Waals surface area contributed by atoms with Crippen LogP contribution in [0.3, 0.4) is 0 Å². The van der Waals surface area contributed by atoms with Gasteiger partial charge in [-0.1, -0.05) is 54.6 Å². The van der Waals surface area contributed by atoms with Crippen molar-refractivity contribution in [2.24, 2.45) is 5.92 Å². The number of fused-ring (bicyclic) bond motifs is 1. The van der Waals surface area contributed by atoms with E-state index in [4.69, 9.17) is 0 Å². The Hall–Kier alpha value is -3.11. The molecule has 3 aromatic rings. The fourth-order valence-corrected chi connectivity index (χ4v) is 5.00. The van der Waals surface area contributed by atoms with E-state index in [2.05, 4.69) is 46.6 Å². The minimum atomic E-state index is 0.0209. The molecule has 32 heavy (non-hydrogen) atoms. The van der Waals surface area contributed by atoms with Crippen molar-refractivity contribution in [3.63, 3.8) is 0 Å². The molecule has 1 aliphatic heterocycles. The van der Waals surface area contributed by atoms with Gasteiger partial charge in [0.2, 0.25) is 0 Å². The number of nitrogens with zero attached hydrogens (tertiary/aromatic N) is 1. The van der Waals surface area contributed by atoms with Crippen LogP contribution < -0.4 is 5.32 Å². The van der Waals surface area contributed by atoms with E-state index in [1.165, 1.54) is 23.1 Å². The van der Waals surface area contributed by atoms with E-state index in [0.717, 1.165) is 50.1 Å². The molecule has 2 N–H and O–H groups in total. The molecule has 0 spiro atoms. The number of phenols is 1. The molecular weight excluding hydrogens is 396 g/mol. The third-order valence-electron chi connectivity index (χ3n) is 6.89. The third-order valence-corrected chi connectivity index (χ3v) is 6.89. The average Bonchev–Trinajstić information content (AvgIpc) is 3.59. The van der Waals surface area contributed by atoms with Gasteiger partial charge in [0.05, 0.1) is 0 Å². The SMILES string of the molecule is O=C(NCCC1CC1c1ccccc1)c1ccccc1CN1CCc2ccc(O)cc2C1. The number of carbonyl (C=O) groups is 1. The van der Waals surface area contributed by atoms with Crippen LogP contribution >= 0.6 is 0 Å². The number of hydrogen-bond acceptors (Lipinski definition) is 3. The van der Waals surface area contributed by atoms with Crippen molar-refractivity contribution < 1.29 is 9.90 Å². The molecule has 2 unspecified atom stereocenters. The second-order valence-corrected chi connectivity index (χ2v) is 9.13. The number of benzene rings is 3. The Labute approximate surface area is 189 Å². The van der Waals surface area contributed by atoms with Crippen molar-refractivity contribution >= 4 is 5.91 Å². The first-order valence-corrected chi connectivity index (χ1v) is 11.6. The van der Waals surface area contributed by atoms with Crippen molar-refractivity contribution in [2.45, 2.75) is 38.3 Å². The molecule has 1 aliphatic carbocycles. The Balaban J connectivity index is 1.16. The Kier molecular flexibility index (Phi) is 5.95. The van der Waals surface area contributed by atoms with E-state index in [1.807, 2.05) is 30.3 Å². The van der Waals surface area contributed by atoms with Crippen LogP contribution in [0.25, 0.3) is 0 Å². The van der Waals surface area contributed by atoms with Crippen LogP contribution in [0.5, 0.6) is 5.75 Å². The summed E-state index contributed by atoms with van der Waals surface area (Å²) < 4.78 is 0. The van der Waals surface area contributed by atoms with Crippen LogP contribution in [0.2, 0.25) is 0 Å². The van der Waals surface area contributed by atoms with Gasteiger partial charge in [-0.25, -0.2) is 0 Å². The molecule has 0 radical (unpaired) electrons. The van der Waals surface area contributed by atoms with Crippen molar-refractivity contribution in [2.75, 3.05) is 13.1 Å². The summed E-state index contributed by atoms with van der Waals surface area (Å²) >= 11 is 0. The molecular formula is C28H30N2O2. The molecule has 1 saturated carbocycles. The van der Waals surface area contributed by atoms with Crippen LogP contribution in [0.4, 0.5) is 0 Å². The molecule has 1 amide bonds. The number of amides is 1. The minimum Gasteiger partial charge on any atom is -0.508 e. The first kappa shape index (κ1) is 20.8. The minimum absolute atomic E-state index is 0.0209. The van der Waals surface area contributed by atoms with E-state index in [9.17, 15) is 9.90 Å². The quantitative estimate of drug-likeness (QED) is 0.566. The van der Waals surface area contributed by atoms with E-state index in [-0.39, 0.29) is 5.91 Å². The standard InChI is InChI=1S/C28H30N2O2/c31-25-11-10-20-13-15-30(19-24(20)16-25)18-23-8-4-5-9-26(23)28(32)29-14-12-22-17-27(22)21-6-2-1-3-7-21/h1-11,16,22,27,31H,12-15,17-19H2,(H,29,32). The van der Waals surface area contributed by atoms with Crippen LogP contribution in [-0.2, 0) is 19.5 Å². The highest BCUT2D eigenvalue weighted by atomic mass is 16.3. The molecule has 0 aromatic heterocycles. The van der Waals surface area contributed by atoms with Crippen LogP contribution in [-0.4, -0.2) is 29.0 Å². The number of rotatable bonds is 7. The van der Waals surface area contributed by atoms with Crippen molar-refractivity contribution in [3.05, 3.63) is 101 Å². The third kappa shape index (κ3) is 4.71. The summed E-state index contributed by atoms with van der Waals surface area (Å²) in [7, 11) is 0. The molecule has 1 heterocycles. The van der Waals surface area contributed by atoms with E-state index in [1.54, 1.807) is 6.07 Å². The number of nitrogens with one attached hydrogen (secondary N) is 1. The van der Waals surface area contributed by atoms with E-state index < -0.39 is 0 Å². The first-order valence-electron chi connectivity index (χ1n) is 11.6. The largest absolute Gasteiger partial charge is 0.508 e. The molecule has 4 nitrogen and oxygen atoms in total.